The zero-order valence-corrected chi connectivity index (χ0v) is 13.1. The molecule has 0 unspecified atom stereocenters. The van der Waals surface area contributed by atoms with E-state index in [0.29, 0.717) is 11.1 Å². The predicted molar refractivity (Wildman–Crippen MR) is 73.2 cm³/mol. The van der Waals surface area contributed by atoms with Gasteiger partial charge in [0, 0.05) is 17.2 Å². The molecule has 0 saturated carbocycles. The molecule has 8 heteroatoms. The number of nitrogens with one attached hydrogen (secondary N) is 1. The number of hydrogen-bond acceptors (Lipinski definition) is 4. The number of ether oxygens (including phenoxy) is 1. The van der Waals surface area contributed by atoms with Crippen molar-refractivity contribution in [1.29, 1.82) is 0 Å². The van der Waals surface area contributed by atoms with Gasteiger partial charge in [0.15, 0.2) is 0 Å². The largest absolute Gasteiger partial charge is 0.377 e. The second-order valence-corrected chi connectivity index (χ2v) is 6.77. The molecule has 0 fully saturated rings. The molecule has 5 nitrogen and oxygen atoms in total. The van der Waals surface area contributed by atoms with Crippen molar-refractivity contribution < 1.29 is 13.2 Å². The van der Waals surface area contributed by atoms with Gasteiger partial charge in [-0.2, -0.15) is 0 Å². The van der Waals surface area contributed by atoms with E-state index in [1.54, 1.807) is 0 Å². The third kappa shape index (κ3) is 4.81. The maximum Gasteiger partial charge on any atom is 0.243 e. The zero-order chi connectivity index (χ0) is 13.8. The van der Waals surface area contributed by atoms with Gasteiger partial charge in [0.05, 0.1) is 12.7 Å². The summed E-state index contributed by atoms with van der Waals surface area (Å²) in [4.78, 5) is 3.72. The molecule has 102 valence electrons. The van der Waals surface area contributed by atoms with Gasteiger partial charge in [0.1, 0.15) is 10.0 Å². The second kappa shape index (κ2) is 6.81. The van der Waals surface area contributed by atoms with Crippen LogP contribution in [-0.2, 0) is 14.8 Å². The molecule has 0 aromatic carbocycles. The van der Waals surface area contributed by atoms with Gasteiger partial charge in [-0.1, -0.05) is 11.6 Å². The van der Waals surface area contributed by atoms with E-state index in [2.05, 4.69) is 25.6 Å². The average Bonchev–Trinajstić information content (AvgIpc) is 2.27. The molecule has 0 saturated heterocycles. The van der Waals surface area contributed by atoms with Crippen molar-refractivity contribution in [2.75, 3.05) is 13.2 Å². The Morgan fingerprint density at radius 1 is 1.56 bits per heavy atom. The van der Waals surface area contributed by atoms with Crippen LogP contribution in [0.1, 0.15) is 13.8 Å². The van der Waals surface area contributed by atoms with Crippen molar-refractivity contribution in [3.63, 3.8) is 0 Å². The van der Waals surface area contributed by atoms with E-state index in [0.717, 1.165) is 0 Å². The average molecular weight is 358 g/mol. The highest BCUT2D eigenvalue weighted by Gasteiger charge is 2.18. The Bertz CT molecular complexity index is 508. The van der Waals surface area contributed by atoms with E-state index in [1.807, 2.05) is 13.8 Å². The second-order valence-electron chi connectivity index (χ2n) is 3.76. The van der Waals surface area contributed by atoms with Gasteiger partial charge in [0.2, 0.25) is 10.0 Å². The Balaban J connectivity index is 2.71. The molecule has 0 bridgehead atoms. The van der Waals surface area contributed by atoms with E-state index in [1.165, 1.54) is 12.3 Å². The standard InChI is InChI=1S/C10H14BrClN2O3S/c1-7(2)17-4-3-14-18(15,16)9-5-8(11)6-13-10(9)12/h5-7,14H,3-4H2,1-2H3. The van der Waals surface area contributed by atoms with Crippen molar-refractivity contribution in [1.82, 2.24) is 9.71 Å². The van der Waals surface area contributed by atoms with E-state index in [4.69, 9.17) is 16.3 Å². The highest BCUT2D eigenvalue weighted by molar-refractivity contribution is 9.10. The number of aromatic nitrogens is 1. The van der Waals surface area contributed by atoms with Crippen molar-refractivity contribution in [3.05, 3.63) is 21.9 Å². The molecular formula is C10H14BrClN2O3S. The van der Waals surface area contributed by atoms with Crippen LogP contribution in [0, 0.1) is 0 Å². The minimum atomic E-state index is -3.67. The summed E-state index contributed by atoms with van der Waals surface area (Å²) in [5.41, 5.74) is 0. The molecule has 1 N–H and O–H groups in total. The molecule has 1 rings (SSSR count). The molecular weight excluding hydrogens is 344 g/mol. The quantitative estimate of drug-likeness (QED) is 0.626. The molecule has 1 aromatic heterocycles. The molecule has 0 aliphatic carbocycles. The fourth-order valence-electron chi connectivity index (χ4n) is 1.14. The maximum absolute atomic E-state index is 11.9. The zero-order valence-electron chi connectivity index (χ0n) is 9.98. The summed E-state index contributed by atoms with van der Waals surface area (Å²) in [5, 5.41) is -0.0597. The molecule has 1 heterocycles. The Morgan fingerprint density at radius 2 is 2.22 bits per heavy atom. The van der Waals surface area contributed by atoms with Crippen LogP contribution in [0.3, 0.4) is 0 Å². The molecule has 0 amide bonds. The Morgan fingerprint density at radius 3 is 2.83 bits per heavy atom. The van der Waals surface area contributed by atoms with Crippen LogP contribution in [0.4, 0.5) is 0 Å². The van der Waals surface area contributed by atoms with E-state index >= 15 is 0 Å². The van der Waals surface area contributed by atoms with Gasteiger partial charge in [0.25, 0.3) is 0 Å². The van der Waals surface area contributed by atoms with Gasteiger partial charge in [-0.25, -0.2) is 18.1 Å². The number of pyridine rings is 1. The molecule has 0 atom stereocenters. The van der Waals surface area contributed by atoms with Crippen LogP contribution >= 0.6 is 27.5 Å². The fraction of sp³-hybridized carbons (Fsp3) is 0.500. The number of halogens is 2. The summed E-state index contributed by atoms with van der Waals surface area (Å²) in [6.07, 6.45) is 1.49. The van der Waals surface area contributed by atoms with Crippen molar-refractivity contribution in [2.45, 2.75) is 24.8 Å². The third-order valence-corrected chi connectivity index (χ3v) is 4.23. The maximum atomic E-state index is 11.9. The van der Waals surface area contributed by atoms with Crippen LogP contribution in [0.15, 0.2) is 21.6 Å². The number of sulfonamides is 1. The van der Waals surface area contributed by atoms with Crippen LogP contribution in [0.25, 0.3) is 0 Å². The molecule has 1 aromatic rings. The van der Waals surface area contributed by atoms with E-state index < -0.39 is 10.0 Å². The first-order chi connectivity index (χ1) is 8.33. The van der Waals surface area contributed by atoms with Crippen molar-refractivity contribution in [2.24, 2.45) is 0 Å². The highest BCUT2D eigenvalue weighted by atomic mass is 79.9. The Hall–Kier alpha value is -0.210. The van der Waals surface area contributed by atoms with Gasteiger partial charge in [-0.05, 0) is 35.8 Å². The molecule has 0 radical (unpaired) electrons. The first kappa shape index (κ1) is 15.8. The lowest BCUT2D eigenvalue weighted by Crippen LogP contribution is -2.28. The van der Waals surface area contributed by atoms with Crippen LogP contribution < -0.4 is 4.72 Å². The Kier molecular flexibility index (Phi) is 6.00. The number of nitrogens with zero attached hydrogens (tertiary/aromatic N) is 1. The lowest BCUT2D eigenvalue weighted by atomic mass is 10.5. The SMILES string of the molecule is CC(C)OCCNS(=O)(=O)c1cc(Br)cnc1Cl. The highest BCUT2D eigenvalue weighted by Crippen LogP contribution is 2.22. The summed E-state index contributed by atoms with van der Waals surface area (Å²) in [5.74, 6) is 0. The van der Waals surface area contributed by atoms with Crippen molar-refractivity contribution in [3.8, 4) is 0 Å². The normalized spacial score (nSPS) is 12.1. The van der Waals surface area contributed by atoms with Gasteiger partial charge >= 0.3 is 0 Å². The van der Waals surface area contributed by atoms with Gasteiger partial charge < -0.3 is 4.74 Å². The molecule has 0 aliphatic rings. The smallest absolute Gasteiger partial charge is 0.243 e. The fourth-order valence-corrected chi connectivity index (χ4v) is 3.10. The van der Waals surface area contributed by atoms with E-state index in [-0.39, 0.29) is 22.7 Å². The lowest BCUT2D eigenvalue weighted by Gasteiger charge is -2.10. The summed E-state index contributed by atoms with van der Waals surface area (Å²) in [6.45, 7) is 4.24. The van der Waals surface area contributed by atoms with Crippen LogP contribution in [0.2, 0.25) is 5.15 Å². The summed E-state index contributed by atoms with van der Waals surface area (Å²) >= 11 is 8.91. The minimum absolute atomic E-state index is 0.0527. The number of hydrogen-bond donors (Lipinski definition) is 1. The first-order valence-electron chi connectivity index (χ1n) is 5.25. The summed E-state index contributed by atoms with van der Waals surface area (Å²) in [6, 6.07) is 1.40. The molecule has 0 aliphatic heterocycles. The number of rotatable bonds is 6. The van der Waals surface area contributed by atoms with E-state index in [9.17, 15) is 8.42 Å². The monoisotopic (exact) mass is 356 g/mol. The topological polar surface area (TPSA) is 68.3 Å². The lowest BCUT2D eigenvalue weighted by molar-refractivity contribution is 0.0834. The van der Waals surface area contributed by atoms with Gasteiger partial charge in [-0.15, -0.1) is 0 Å². The first-order valence-corrected chi connectivity index (χ1v) is 7.90. The van der Waals surface area contributed by atoms with Gasteiger partial charge in [-0.3, -0.25) is 0 Å². The van der Waals surface area contributed by atoms with Crippen LogP contribution in [-0.4, -0.2) is 32.7 Å². The molecule has 0 spiro atoms. The Labute approximate surface area is 120 Å². The van der Waals surface area contributed by atoms with Crippen LogP contribution in [0.5, 0.6) is 0 Å². The molecule has 18 heavy (non-hydrogen) atoms. The predicted octanol–water partition coefficient (Wildman–Crippen LogP) is 2.20. The minimum Gasteiger partial charge on any atom is -0.377 e. The summed E-state index contributed by atoms with van der Waals surface area (Å²) < 4.78 is 32.1. The third-order valence-electron chi connectivity index (χ3n) is 1.91. The van der Waals surface area contributed by atoms with Crippen molar-refractivity contribution >= 4 is 37.6 Å². The summed E-state index contributed by atoms with van der Waals surface area (Å²) in [7, 11) is -3.67.